The molecule has 1 N–H and O–H groups in total. The van der Waals surface area contributed by atoms with Crippen molar-refractivity contribution in [1.29, 1.82) is 0 Å². The highest BCUT2D eigenvalue weighted by Crippen LogP contribution is 2.29. The summed E-state index contributed by atoms with van der Waals surface area (Å²) in [6.45, 7) is 4.46. The Morgan fingerprint density at radius 3 is 2.17 bits per heavy atom. The number of aryl methyl sites for hydroxylation is 1. The van der Waals surface area contributed by atoms with Crippen LogP contribution in [0.4, 0.5) is 5.69 Å². The van der Waals surface area contributed by atoms with Gasteiger partial charge in [-0.3, -0.25) is 9.59 Å². The van der Waals surface area contributed by atoms with Crippen LogP contribution in [0.5, 0.6) is 0 Å². The first-order chi connectivity index (χ1) is 22.9. The topological polar surface area (TPSA) is 116 Å². The van der Waals surface area contributed by atoms with Crippen LogP contribution >= 0.6 is 23.4 Å². The van der Waals surface area contributed by atoms with Crippen LogP contribution in [0.2, 0.25) is 5.02 Å². The zero-order chi connectivity index (χ0) is 33.4. The van der Waals surface area contributed by atoms with Crippen molar-refractivity contribution in [3.8, 4) is 5.69 Å². The Morgan fingerprint density at radius 2 is 1.49 bits per heavy atom. The van der Waals surface area contributed by atoms with Gasteiger partial charge in [-0.15, -0.1) is 5.10 Å². The van der Waals surface area contributed by atoms with Gasteiger partial charge in [0, 0.05) is 5.56 Å². The Kier molecular flexibility index (Phi) is 14.5. The van der Waals surface area contributed by atoms with Crippen molar-refractivity contribution < 1.29 is 19.1 Å². The van der Waals surface area contributed by atoms with Crippen LogP contribution in [-0.4, -0.2) is 49.7 Å². The van der Waals surface area contributed by atoms with Gasteiger partial charge in [0.15, 0.2) is 11.0 Å². The number of anilines is 1. The Morgan fingerprint density at radius 1 is 0.851 bits per heavy atom. The number of carbonyl (C=O) groups is 3. The van der Waals surface area contributed by atoms with Crippen LogP contribution in [0.3, 0.4) is 0 Å². The van der Waals surface area contributed by atoms with Crippen molar-refractivity contribution in [3.63, 3.8) is 0 Å². The van der Waals surface area contributed by atoms with Crippen molar-refractivity contribution in [2.24, 2.45) is 0 Å². The van der Waals surface area contributed by atoms with Gasteiger partial charge in [-0.2, -0.15) is 4.68 Å². The molecule has 0 radical (unpaired) electrons. The third-order valence-corrected chi connectivity index (χ3v) is 9.13. The smallest absolute Gasteiger partial charge is 0.338 e. The molecule has 0 saturated heterocycles. The summed E-state index contributed by atoms with van der Waals surface area (Å²) in [6, 6.07) is 20.7. The van der Waals surface area contributed by atoms with E-state index < -0.39 is 22.9 Å². The molecule has 4 rings (SSSR count). The highest BCUT2D eigenvalue weighted by atomic mass is 35.5. The summed E-state index contributed by atoms with van der Waals surface area (Å²) < 4.78 is 6.96. The first-order valence-electron chi connectivity index (χ1n) is 16.3. The molecule has 0 aliphatic rings. The minimum absolute atomic E-state index is 0.190. The number of ketones is 1. The summed E-state index contributed by atoms with van der Waals surface area (Å²) in [5, 5.41) is 13.9. The number of amides is 1. The maximum Gasteiger partial charge on any atom is 0.338 e. The molecule has 47 heavy (non-hydrogen) atoms. The van der Waals surface area contributed by atoms with Crippen molar-refractivity contribution >= 4 is 46.7 Å². The summed E-state index contributed by atoms with van der Waals surface area (Å²) in [6.07, 6.45) is 11.9. The lowest BCUT2D eigenvalue weighted by Crippen LogP contribution is -2.33. The van der Waals surface area contributed by atoms with Crippen LogP contribution in [0.25, 0.3) is 5.69 Å². The average molecular weight is 676 g/mol. The summed E-state index contributed by atoms with van der Waals surface area (Å²) >= 11 is 7.36. The number of tetrazole rings is 1. The number of hydrogen-bond acceptors (Lipinski definition) is 8. The molecular formula is C36H42ClN5O4S. The zero-order valence-corrected chi connectivity index (χ0v) is 28.6. The summed E-state index contributed by atoms with van der Waals surface area (Å²) in [5.41, 5.74) is 2.45. The molecular weight excluding hydrogens is 634 g/mol. The quantitative estimate of drug-likeness (QED) is 0.0345. The third-order valence-electron chi connectivity index (χ3n) is 7.67. The van der Waals surface area contributed by atoms with Gasteiger partial charge in [0.2, 0.25) is 11.1 Å². The molecule has 0 aliphatic heterocycles. The van der Waals surface area contributed by atoms with Gasteiger partial charge in [-0.25, -0.2) is 4.79 Å². The zero-order valence-electron chi connectivity index (χ0n) is 27.0. The number of benzene rings is 3. The lowest BCUT2D eigenvalue weighted by molar-refractivity contribution is -0.115. The molecule has 1 unspecified atom stereocenters. The predicted molar refractivity (Wildman–Crippen MR) is 187 cm³/mol. The van der Waals surface area contributed by atoms with Crippen LogP contribution in [0.15, 0.2) is 78.0 Å². The van der Waals surface area contributed by atoms with Crippen molar-refractivity contribution in [2.75, 3.05) is 11.9 Å². The summed E-state index contributed by atoms with van der Waals surface area (Å²) in [7, 11) is 0. The van der Waals surface area contributed by atoms with Crippen LogP contribution < -0.4 is 5.32 Å². The summed E-state index contributed by atoms with van der Waals surface area (Å²) in [5.74, 6) is -1.57. The molecule has 1 heterocycles. The van der Waals surface area contributed by atoms with E-state index in [1.165, 1.54) is 61.8 Å². The number of unbranched alkanes of at least 4 members (excludes halogenated alkanes) is 9. The molecule has 0 spiro atoms. The molecule has 0 saturated carbocycles. The van der Waals surface area contributed by atoms with Gasteiger partial charge in [-0.1, -0.05) is 136 Å². The number of nitrogens with zero attached hydrogens (tertiary/aromatic N) is 4. The average Bonchev–Trinajstić information content (AvgIpc) is 3.55. The fourth-order valence-electron chi connectivity index (χ4n) is 4.97. The van der Waals surface area contributed by atoms with E-state index in [0.717, 1.165) is 36.6 Å². The molecule has 1 amide bonds. The number of Topliss-reactive ketones (excluding diaryl/α,β-unsaturated/α-hetero) is 1. The minimum Gasteiger partial charge on any atom is -0.462 e. The van der Waals surface area contributed by atoms with Crippen molar-refractivity contribution in [2.45, 2.75) is 88.5 Å². The van der Waals surface area contributed by atoms with E-state index in [-0.39, 0.29) is 21.4 Å². The van der Waals surface area contributed by atoms with E-state index in [1.54, 1.807) is 18.2 Å². The molecule has 248 valence electrons. The highest BCUT2D eigenvalue weighted by Gasteiger charge is 2.32. The Balaban J connectivity index is 1.39. The summed E-state index contributed by atoms with van der Waals surface area (Å²) in [4.78, 5) is 40.4. The number of rotatable bonds is 19. The Labute approximate surface area is 285 Å². The third kappa shape index (κ3) is 11.0. The lowest BCUT2D eigenvalue weighted by atomic mass is 10.1. The fourth-order valence-corrected chi connectivity index (χ4v) is 6.08. The van der Waals surface area contributed by atoms with E-state index in [1.807, 2.05) is 49.4 Å². The number of nitrogens with one attached hydrogen (secondary N) is 1. The second-order valence-corrected chi connectivity index (χ2v) is 12.9. The number of thioether (sulfide) groups is 1. The molecule has 9 nitrogen and oxygen atoms in total. The normalized spacial score (nSPS) is 11.6. The lowest BCUT2D eigenvalue weighted by Gasteiger charge is -2.16. The maximum absolute atomic E-state index is 13.8. The second kappa shape index (κ2) is 19.0. The highest BCUT2D eigenvalue weighted by molar-refractivity contribution is 8.01. The van der Waals surface area contributed by atoms with E-state index in [0.29, 0.717) is 17.9 Å². The maximum atomic E-state index is 13.8. The van der Waals surface area contributed by atoms with Crippen LogP contribution in [0, 0.1) is 6.92 Å². The number of para-hydroxylation sites is 1. The molecule has 1 atom stereocenters. The first-order valence-corrected chi connectivity index (χ1v) is 17.5. The molecule has 0 fully saturated rings. The molecule has 4 aromatic rings. The monoisotopic (exact) mass is 675 g/mol. The Bertz CT molecular complexity index is 1600. The molecule has 1 aromatic heterocycles. The fraction of sp³-hybridized carbons (Fsp3) is 0.389. The molecule has 0 bridgehead atoms. The number of hydrogen-bond donors (Lipinski definition) is 1. The Hall–Kier alpha value is -4.02. The molecule has 3 aromatic carbocycles. The van der Waals surface area contributed by atoms with Crippen molar-refractivity contribution in [1.82, 2.24) is 20.2 Å². The van der Waals surface area contributed by atoms with Gasteiger partial charge in [-0.05, 0) is 54.1 Å². The van der Waals surface area contributed by atoms with Crippen molar-refractivity contribution in [3.05, 3.63) is 94.5 Å². The SMILES string of the molecule is CCCCCCCCCCCCOC(=O)c1ccc(Cl)c(NC(=O)C(Sc2nnnn2-c2ccccc2)C(=O)c2ccc(C)cc2)c1. The number of halogens is 1. The van der Waals surface area contributed by atoms with Crippen LogP contribution in [-0.2, 0) is 9.53 Å². The number of ether oxygens (including phenoxy) is 1. The van der Waals surface area contributed by atoms with Gasteiger partial charge < -0.3 is 10.1 Å². The molecule has 11 heteroatoms. The second-order valence-electron chi connectivity index (χ2n) is 11.4. The van der Waals surface area contributed by atoms with E-state index >= 15 is 0 Å². The van der Waals surface area contributed by atoms with Gasteiger partial charge >= 0.3 is 5.97 Å². The molecule has 0 aliphatic carbocycles. The van der Waals surface area contributed by atoms with E-state index in [4.69, 9.17) is 16.3 Å². The standard InChI is InChI=1S/C36H42ClN5O4S/c1-3-4-5-6-7-8-9-10-11-15-24-46-35(45)28-22-23-30(37)31(25-28)38-34(44)33(32(43)27-20-18-26(2)19-21-27)47-36-39-40-41-42(36)29-16-13-12-14-17-29/h12-14,16-23,25,33H,3-11,15,24H2,1-2H3,(H,38,44). The van der Waals surface area contributed by atoms with E-state index in [9.17, 15) is 14.4 Å². The van der Waals surface area contributed by atoms with Gasteiger partial charge in [0.25, 0.3) is 0 Å². The predicted octanol–water partition coefficient (Wildman–Crippen LogP) is 8.68. The van der Waals surface area contributed by atoms with E-state index in [2.05, 4.69) is 27.8 Å². The number of carbonyl (C=O) groups excluding carboxylic acids is 3. The number of aromatic nitrogens is 4. The van der Waals surface area contributed by atoms with Gasteiger partial charge in [0.1, 0.15) is 0 Å². The number of esters is 1. The van der Waals surface area contributed by atoms with Crippen LogP contribution in [0.1, 0.15) is 97.4 Å². The van der Waals surface area contributed by atoms with Gasteiger partial charge in [0.05, 0.1) is 28.6 Å². The first kappa shape index (κ1) is 35.8. The largest absolute Gasteiger partial charge is 0.462 e. The minimum atomic E-state index is -1.27.